The fourth-order valence-electron chi connectivity index (χ4n) is 2.82. The summed E-state index contributed by atoms with van der Waals surface area (Å²) in [4.78, 5) is 27.1. The fourth-order valence-corrected chi connectivity index (χ4v) is 2.82. The molecule has 1 atom stereocenters. The van der Waals surface area contributed by atoms with E-state index in [9.17, 15) is 9.59 Å². The molecule has 0 aliphatic carbocycles. The number of piperidine rings is 1. The van der Waals surface area contributed by atoms with Gasteiger partial charge in [-0.25, -0.2) is 4.79 Å². The molecule has 1 heterocycles. The highest BCUT2D eigenvalue weighted by molar-refractivity contribution is 5.87. The molecule has 5 heteroatoms. The summed E-state index contributed by atoms with van der Waals surface area (Å²) in [5.74, 6) is -0.432. The molecule has 1 aromatic carbocycles. The van der Waals surface area contributed by atoms with Gasteiger partial charge in [-0.3, -0.25) is 9.69 Å². The first-order chi connectivity index (χ1) is 10.5. The Labute approximate surface area is 131 Å². The maximum Gasteiger partial charge on any atom is 0.335 e. The summed E-state index contributed by atoms with van der Waals surface area (Å²) < 4.78 is 0. The molecule has 1 saturated heterocycles. The van der Waals surface area contributed by atoms with E-state index in [1.54, 1.807) is 12.1 Å². The Hall–Kier alpha value is -1.88. The number of rotatable bonds is 5. The van der Waals surface area contributed by atoms with Crippen molar-refractivity contribution in [2.75, 3.05) is 33.2 Å². The van der Waals surface area contributed by atoms with E-state index in [4.69, 9.17) is 5.11 Å². The van der Waals surface area contributed by atoms with E-state index in [0.29, 0.717) is 18.0 Å². The lowest BCUT2D eigenvalue weighted by atomic mass is 9.90. The smallest absolute Gasteiger partial charge is 0.335 e. The number of likely N-dealkylation sites (tertiary alicyclic amines) is 1. The van der Waals surface area contributed by atoms with Gasteiger partial charge in [0.15, 0.2) is 0 Å². The summed E-state index contributed by atoms with van der Waals surface area (Å²) in [7, 11) is 1.95. The lowest BCUT2D eigenvalue weighted by Crippen LogP contribution is -2.43. The highest BCUT2D eigenvalue weighted by Crippen LogP contribution is 2.27. The summed E-state index contributed by atoms with van der Waals surface area (Å²) in [6.45, 7) is 4.90. The van der Waals surface area contributed by atoms with Crippen LogP contribution in [-0.2, 0) is 4.79 Å². The normalized spacial score (nSPS) is 18.5. The van der Waals surface area contributed by atoms with Crippen LogP contribution in [0.4, 0.5) is 0 Å². The van der Waals surface area contributed by atoms with Crippen LogP contribution in [0.2, 0.25) is 0 Å². The van der Waals surface area contributed by atoms with Crippen LogP contribution in [0, 0.1) is 0 Å². The van der Waals surface area contributed by atoms with Crippen molar-refractivity contribution in [3.8, 4) is 0 Å². The number of carboxylic acid groups (broad SMARTS) is 1. The standard InChI is InChI=1S/C17H24N2O3/c1-3-18(2)12-16(20)19-10-4-5-15(11-19)13-6-8-14(9-7-13)17(21)22/h6-9,15H,3-5,10-12H2,1-2H3,(H,21,22). The van der Waals surface area contributed by atoms with Crippen molar-refractivity contribution in [2.24, 2.45) is 0 Å². The van der Waals surface area contributed by atoms with Crippen LogP contribution < -0.4 is 0 Å². The van der Waals surface area contributed by atoms with E-state index in [0.717, 1.165) is 38.0 Å². The minimum absolute atomic E-state index is 0.177. The molecule has 1 unspecified atom stereocenters. The maximum absolute atomic E-state index is 12.3. The molecule has 1 aromatic rings. The Kier molecular flexibility index (Phi) is 5.55. The molecule has 1 aliphatic rings. The third kappa shape index (κ3) is 4.07. The zero-order valence-electron chi connectivity index (χ0n) is 13.3. The lowest BCUT2D eigenvalue weighted by molar-refractivity contribution is -0.133. The Morgan fingerprint density at radius 3 is 2.59 bits per heavy atom. The average Bonchev–Trinajstić information content (AvgIpc) is 2.54. The van der Waals surface area contributed by atoms with E-state index < -0.39 is 5.97 Å². The monoisotopic (exact) mass is 304 g/mol. The number of benzene rings is 1. The first kappa shape index (κ1) is 16.5. The number of hydrogen-bond donors (Lipinski definition) is 1. The van der Waals surface area contributed by atoms with E-state index in [1.807, 2.05) is 35.9 Å². The third-order valence-electron chi connectivity index (χ3n) is 4.35. The highest BCUT2D eigenvalue weighted by Gasteiger charge is 2.25. The summed E-state index contributed by atoms with van der Waals surface area (Å²) in [5, 5.41) is 8.95. The molecule has 0 bridgehead atoms. The average molecular weight is 304 g/mol. The fraction of sp³-hybridized carbons (Fsp3) is 0.529. The molecule has 0 saturated carbocycles. The molecule has 1 N–H and O–H groups in total. The summed E-state index contributed by atoms with van der Waals surface area (Å²) in [5.41, 5.74) is 1.42. The van der Waals surface area contributed by atoms with Gasteiger partial charge in [-0.1, -0.05) is 19.1 Å². The molecule has 120 valence electrons. The predicted molar refractivity (Wildman–Crippen MR) is 85.1 cm³/mol. The zero-order chi connectivity index (χ0) is 16.1. The lowest BCUT2D eigenvalue weighted by Gasteiger charge is -2.34. The van der Waals surface area contributed by atoms with Gasteiger partial charge < -0.3 is 10.0 Å². The van der Waals surface area contributed by atoms with Crippen LogP contribution in [-0.4, -0.2) is 60.0 Å². The van der Waals surface area contributed by atoms with Gasteiger partial charge in [0, 0.05) is 19.0 Å². The zero-order valence-corrected chi connectivity index (χ0v) is 13.3. The molecule has 1 aliphatic heterocycles. The second kappa shape index (κ2) is 7.40. The van der Waals surface area contributed by atoms with E-state index in [1.165, 1.54) is 0 Å². The van der Waals surface area contributed by atoms with Crippen molar-refractivity contribution in [3.63, 3.8) is 0 Å². The number of carboxylic acids is 1. The third-order valence-corrected chi connectivity index (χ3v) is 4.35. The van der Waals surface area contributed by atoms with Crippen molar-refractivity contribution in [2.45, 2.75) is 25.7 Å². The molecule has 22 heavy (non-hydrogen) atoms. The number of hydrogen-bond acceptors (Lipinski definition) is 3. The van der Waals surface area contributed by atoms with Gasteiger partial charge in [-0.15, -0.1) is 0 Å². The minimum atomic E-state index is -0.908. The first-order valence-electron chi connectivity index (χ1n) is 7.80. The number of amides is 1. The van der Waals surface area contributed by atoms with Crippen molar-refractivity contribution < 1.29 is 14.7 Å². The molecule has 1 amide bonds. The minimum Gasteiger partial charge on any atom is -0.478 e. The number of carbonyl (C=O) groups is 2. The van der Waals surface area contributed by atoms with Crippen LogP contribution in [0.15, 0.2) is 24.3 Å². The van der Waals surface area contributed by atoms with Crippen LogP contribution in [0.5, 0.6) is 0 Å². The molecular formula is C17H24N2O3. The number of aromatic carboxylic acids is 1. The molecule has 0 spiro atoms. The Morgan fingerprint density at radius 2 is 2.00 bits per heavy atom. The number of nitrogens with zero attached hydrogens (tertiary/aromatic N) is 2. The summed E-state index contributed by atoms with van der Waals surface area (Å²) >= 11 is 0. The predicted octanol–water partition coefficient (Wildman–Crippen LogP) is 2.04. The molecule has 0 aromatic heterocycles. The van der Waals surface area contributed by atoms with Gasteiger partial charge in [0.2, 0.25) is 5.91 Å². The Morgan fingerprint density at radius 1 is 1.32 bits per heavy atom. The van der Waals surface area contributed by atoms with Gasteiger partial charge in [-0.05, 0) is 44.1 Å². The van der Waals surface area contributed by atoms with E-state index >= 15 is 0 Å². The topological polar surface area (TPSA) is 60.9 Å². The molecule has 0 radical (unpaired) electrons. The van der Waals surface area contributed by atoms with Gasteiger partial charge in [-0.2, -0.15) is 0 Å². The second-order valence-electron chi connectivity index (χ2n) is 5.94. The quantitative estimate of drug-likeness (QED) is 0.904. The number of likely N-dealkylation sites (N-methyl/N-ethyl adjacent to an activating group) is 1. The van der Waals surface area contributed by atoms with Crippen molar-refractivity contribution in [3.05, 3.63) is 35.4 Å². The van der Waals surface area contributed by atoms with Gasteiger partial charge in [0.25, 0.3) is 0 Å². The van der Waals surface area contributed by atoms with E-state index in [2.05, 4.69) is 0 Å². The maximum atomic E-state index is 12.3. The summed E-state index contributed by atoms with van der Waals surface area (Å²) in [6, 6.07) is 7.03. The first-order valence-corrected chi connectivity index (χ1v) is 7.80. The van der Waals surface area contributed by atoms with Crippen LogP contribution in [0.1, 0.15) is 41.6 Å². The van der Waals surface area contributed by atoms with Crippen molar-refractivity contribution in [1.29, 1.82) is 0 Å². The molecular weight excluding hydrogens is 280 g/mol. The largest absolute Gasteiger partial charge is 0.478 e. The SMILES string of the molecule is CCN(C)CC(=O)N1CCCC(c2ccc(C(=O)O)cc2)C1. The van der Waals surface area contributed by atoms with Crippen molar-refractivity contribution >= 4 is 11.9 Å². The Balaban J connectivity index is 2.00. The van der Waals surface area contributed by atoms with Gasteiger partial charge >= 0.3 is 5.97 Å². The van der Waals surface area contributed by atoms with Crippen LogP contribution in [0.25, 0.3) is 0 Å². The Bertz CT molecular complexity index is 527. The second-order valence-corrected chi connectivity index (χ2v) is 5.94. The van der Waals surface area contributed by atoms with Gasteiger partial charge in [0.1, 0.15) is 0 Å². The molecule has 5 nitrogen and oxygen atoms in total. The van der Waals surface area contributed by atoms with Crippen LogP contribution in [0.3, 0.4) is 0 Å². The highest BCUT2D eigenvalue weighted by atomic mass is 16.4. The van der Waals surface area contributed by atoms with E-state index in [-0.39, 0.29) is 5.91 Å². The molecule has 1 fully saturated rings. The van der Waals surface area contributed by atoms with Crippen molar-refractivity contribution in [1.82, 2.24) is 9.80 Å². The van der Waals surface area contributed by atoms with Gasteiger partial charge in [0.05, 0.1) is 12.1 Å². The van der Waals surface area contributed by atoms with Crippen LogP contribution >= 0.6 is 0 Å². The summed E-state index contributed by atoms with van der Waals surface area (Å²) in [6.07, 6.45) is 2.03. The molecule has 2 rings (SSSR count). The number of carbonyl (C=O) groups excluding carboxylic acids is 1.